The third kappa shape index (κ3) is 4.94. The van der Waals surface area contributed by atoms with Gasteiger partial charge < -0.3 is 10.2 Å². The van der Waals surface area contributed by atoms with Gasteiger partial charge in [-0.05, 0) is 36.1 Å². The topological polar surface area (TPSA) is 48.5 Å². The standard InChI is InChI=1S/C22H25FN4OS2/c1-2-29-17-6-3-5-16(15-17)21(28)24-9-10-26-11-13-27(14-12-26)22-25-20-18(23)7-4-8-19(20)30-22/h3-8,15H,2,9-14H2,1H3,(H,24,28). The molecule has 2 heterocycles. The van der Waals surface area contributed by atoms with Gasteiger partial charge >= 0.3 is 0 Å². The number of hydrogen-bond donors (Lipinski definition) is 1. The maximum Gasteiger partial charge on any atom is 0.251 e. The highest BCUT2D eigenvalue weighted by Gasteiger charge is 2.20. The third-order valence-electron chi connectivity index (χ3n) is 5.12. The van der Waals surface area contributed by atoms with E-state index in [1.54, 1.807) is 29.2 Å². The quantitative estimate of drug-likeness (QED) is 0.556. The first-order valence-corrected chi connectivity index (χ1v) is 12.0. The molecule has 30 heavy (non-hydrogen) atoms. The molecule has 8 heteroatoms. The molecule has 2 aromatic carbocycles. The predicted octanol–water partition coefficient (Wildman–Crippen LogP) is 4.10. The highest BCUT2D eigenvalue weighted by Crippen LogP contribution is 2.30. The van der Waals surface area contributed by atoms with Gasteiger partial charge in [0, 0.05) is 49.7 Å². The summed E-state index contributed by atoms with van der Waals surface area (Å²) in [5, 5.41) is 3.91. The van der Waals surface area contributed by atoms with E-state index < -0.39 is 0 Å². The molecule has 0 radical (unpaired) electrons. The minimum absolute atomic E-state index is 0.0244. The second-order valence-electron chi connectivity index (χ2n) is 7.13. The Morgan fingerprint density at radius 1 is 1.20 bits per heavy atom. The molecule has 0 bridgehead atoms. The van der Waals surface area contributed by atoms with Crippen molar-refractivity contribution >= 4 is 44.4 Å². The Morgan fingerprint density at radius 3 is 2.77 bits per heavy atom. The monoisotopic (exact) mass is 444 g/mol. The Morgan fingerprint density at radius 2 is 2.00 bits per heavy atom. The van der Waals surface area contributed by atoms with E-state index >= 15 is 0 Å². The van der Waals surface area contributed by atoms with Crippen LogP contribution in [0.2, 0.25) is 0 Å². The number of piperazine rings is 1. The molecule has 1 amide bonds. The third-order valence-corrected chi connectivity index (χ3v) is 7.08. The number of carbonyl (C=O) groups excluding carboxylic acids is 1. The van der Waals surface area contributed by atoms with Gasteiger partial charge in [0.1, 0.15) is 11.3 Å². The van der Waals surface area contributed by atoms with E-state index in [0.29, 0.717) is 17.6 Å². The fourth-order valence-electron chi connectivity index (χ4n) is 3.52. The SMILES string of the molecule is CCSc1cccc(C(=O)NCCN2CCN(c3nc4c(F)cccc4s3)CC2)c1. The van der Waals surface area contributed by atoms with E-state index in [9.17, 15) is 9.18 Å². The van der Waals surface area contributed by atoms with E-state index in [2.05, 4.69) is 27.0 Å². The molecule has 1 fully saturated rings. The summed E-state index contributed by atoms with van der Waals surface area (Å²) in [4.78, 5) is 22.6. The molecule has 0 spiro atoms. The van der Waals surface area contributed by atoms with Crippen molar-refractivity contribution in [2.24, 2.45) is 0 Å². The second-order valence-corrected chi connectivity index (χ2v) is 9.47. The molecule has 1 aliphatic heterocycles. The molecule has 3 aromatic rings. The molecule has 158 valence electrons. The lowest BCUT2D eigenvalue weighted by Crippen LogP contribution is -2.48. The number of thioether (sulfide) groups is 1. The Kier molecular flexibility index (Phi) is 6.86. The first-order valence-electron chi connectivity index (χ1n) is 10.2. The van der Waals surface area contributed by atoms with Crippen LogP contribution in [0.4, 0.5) is 9.52 Å². The molecule has 4 rings (SSSR count). The summed E-state index contributed by atoms with van der Waals surface area (Å²) in [6, 6.07) is 12.9. The molecular formula is C22H25FN4OS2. The van der Waals surface area contributed by atoms with Crippen molar-refractivity contribution in [3.63, 3.8) is 0 Å². The van der Waals surface area contributed by atoms with Gasteiger partial charge in [-0.2, -0.15) is 0 Å². The zero-order valence-electron chi connectivity index (χ0n) is 16.9. The lowest BCUT2D eigenvalue weighted by molar-refractivity contribution is 0.0947. The van der Waals surface area contributed by atoms with Crippen LogP contribution in [0.25, 0.3) is 10.2 Å². The van der Waals surface area contributed by atoms with E-state index in [0.717, 1.165) is 53.2 Å². The minimum atomic E-state index is -0.261. The van der Waals surface area contributed by atoms with Gasteiger partial charge in [-0.25, -0.2) is 9.37 Å². The van der Waals surface area contributed by atoms with Crippen molar-refractivity contribution in [3.05, 3.63) is 53.8 Å². The molecule has 5 nitrogen and oxygen atoms in total. The number of carbonyl (C=O) groups is 1. The van der Waals surface area contributed by atoms with Gasteiger partial charge in [-0.3, -0.25) is 9.69 Å². The first kappa shape index (κ1) is 21.1. The number of rotatable bonds is 7. The molecule has 0 aliphatic carbocycles. The van der Waals surface area contributed by atoms with Crippen LogP contribution in [-0.4, -0.2) is 60.8 Å². The first-order chi connectivity index (χ1) is 14.6. The van der Waals surface area contributed by atoms with E-state index in [-0.39, 0.29) is 11.7 Å². The maximum atomic E-state index is 13.9. The fraction of sp³-hybridized carbons (Fsp3) is 0.364. The van der Waals surface area contributed by atoms with Crippen LogP contribution < -0.4 is 10.2 Å². The maximum absolute atomic E-state index is 13.9. The van der Waals surface area contributed by atoms with Crippen molar-refractivity contribution in [1.82, 2.24) is 15.2 Å². The normalized spacial score (nSPS) is 14.9. The Labute approximate surface area is 184 Å². The van der Waals surface area contributed by atoms with Crippen molar-refractivity contribution in [2.75, 3.05) is 49.9 Å². The number of nitrogens with zero attached hydrogens (tertiary/aromatic N) is 3. The highest BCUT2D eigenvalue weighted by molar-refractivity contribution is 7.99. The Bertz CT molecular complexity index is 1020. The fourth-order valence-corrected chi connectivity index (χ4v) is 5.27. The van der Waals surface area contributed by atoms with Crippen LogP contribution in [0.3, 0.4) is 0 Å². The Hall–Kier alpha value is -2.16. The lowest BCUT2D eigenvalue weighted by atomic mass is 10.2. The summed E-state index contributed by atoms with van der Waals surface area (Å²) in [7, 11) is 0. The van der Waals surface area contributed by atoms with Crippen molar-refractivity contribution < 1.29 is 9.18 Å². The minimum Gasteiger partial charge on any atom is -0.351 e. The van der Waals surface area contributed by atoms with Gasteiger partial charge in [0.15, 0.2) is 5.13 Å². The van der Waals surface area contributed by atoms with Gasteiger partial charge in [-0.1, -0.05) is 30.4 Å². The number of benzene rings is 2. The highest BCUT2D eigenvalue weighted by atomic mass is 32.2. The average Bonchev–Trinajstić information content (AvgIpc) is 3.20. The number of halogens is 1. The summed E-state index contributed by atoms with van der Waals surface area (Å²) >= 11 is 3.28. The number of fused-ring (bicyclic) bond motifs is 1. The molecule has 1 N–H and O–H groups in total. The molecular weight excluding hydrogens is 419 g/mol. The lowest BCUT2D eigenvalue weighted by Gasteiger charge is -2.34. The van der Waals surface area contributed by atoms with Crippen molar-refractivity contribution in [1.29, 1.82) is 0 Å². The van der Waals surface area contributed by atoms with Crippen LogP contribution in [0, 0.1) is 5.82 Å². The molecule has 1 aromatic heterocycles. The number of aromatic nitrogens is 1. The van der Waals surface area contributed by atoms with Gasteiger partial charge in [0.25, 0.3) is 5.91 Å². The van der Waals surface area contributed by atoms with Crippen molar-refractivity contribution in [3.8, 4) is 0 Å². The summed E-state index contributed by atoms with van der Waals surface area (Å²) in [6.07, 6.45) is 0. The number of amides is 1. The number of para-hydroxylation sites is 1. The Balaban J connectivity index is 1.24. The number of anilines is 1. The average molecular weight is 445 g/mol. The van der Waals surface area contributed by atoms with E-state index in [1.165, 1.54) is 6.07 Å². The zero-order chi connectivity index (χ0) is 20.9. The van der Waals surface area contributed by atoms with Gasteiger partial charge in [0.2, 0.25) is 0 Å². The van der Waals surface area contributed by atoms with Crippen LogP contribution in [0.5, 0.6) is 0 Å². The molecule has 0 atom stereocenters. The van der Waals surface area contributed by atoms with Crippen LogP contribution in [0.1, 0.15) is 17.3 Å². The van der Waals surface area contributed by atoms with E-state index in [4.69, 9.17) is 0 Å². The van der Waals surface area contributed by atoms with Crippen LogP contribution >= 0.6 is 23.1 Å². The number of nitrogens with one attached hydrogen (secondary N) is 1. The van der Waals surface area contributed by atoms with Gasteiger partial charge in [0.05, 0.1) is 4.70 Å². The zero-order valence-corrected chi connectivity index (χ0v) is 18.6. The van der Waals surface area contributed by atoms with Crippen LogP contribution in [0.15, 0.2) is 47.4 Å². The van der Waals surface area contributed by atoms with Gasteiger partial charge in [-0.15, -0.1) is 11.8 Å². The van der Waals surface area contributed by atoms with Crippen molar-refractivity contribution in [2.45, 2.75) is 11.8 Å². The second kappa shape index (κ2) is 9.76. The summed E-state index contributed by atoms with van der Waals surface area (Å²) in [6.45, 7) is 7.05. The molecule has 1 saturated heterocycles. The number of hydrogen-bond acceptors (Lipinski definition) is 6. The van der Waals surface area contributed by atoms with E-state index in [1.807, 2.05) is 30.3 Å². The summed E-state index contributed by atoms with van der Waals surface area (Å²) in [5.41, 5.74) is 1.17. The van der Waals surface area contributed by atoms with Crippen LogP contribution in [-0.2, 0) is 0 Å². The largest absolute Gasteiger partial charge is 0.351 e. The summed E-state index contributed by atoms with van der Waals surface area (Å²) < 4.78 is 14.8. The predicted molar refractivity (Wildman–Crippen MR) is 123 cm³/mol. The molecule has 0 saturated carbocycles. The molecule has 0 unspecified atom stereocenters. The molecule has 1 aliphatic rings. The smallest absolute Gasteiger partial charge is 0.251 e. The summed E-state index contributed by atoms with van der Waals surface area (Å²) in [5.74, 6) is 0.704. The number of thiazole rings is 1.